The summed E-state index contributed by atoms with van der Waals surface area (Å²) in [5.74, 6) is -0.386. The first-order valence-corrected chi connectivity index (χ1v) is 5.80. The van der Waals surface area contributed by atoms with E-state index in [-0.39, 0.29) is 11.9 Å². The summed E-state index contributed by atoms with van der Waals surface area (Å²) in [5.41, 5.74) is 1.31. The van der Waals surface area contributed by atoms with Gasteiger partial charge in [0.1, 0.15) is 5.69 Å². The van der Waals surface area contributed by atoms with Crippen LogP contribution in [0.15, 0.2) is 18.3 Å². The zero-order valence-electron chi connectivity index (χ0n) is 11.0. The van der Waals surface area contributed by atoms with Gasteiger partial charge in [-0.25, -0.2) is 0 Å². The fourth-order valence-electron chi connectivity index (χ4n) is 1.55. The summed E-state index contributed by atoms with van der Waals surface area (Å²) in [6.07, 6.45) is 2.50. The zero-order valence-corrected chi connectivity index (χ0v) is 11.0. The lowest BCUT2D eigenvalue weighted by atomic mass is 10.2. The first-order valence-electron chi connectivity index (χ1n) is 5.80. The summed E-state index contributed by atoms with van der Waals surface area (Å²) >= 11 is 0. The zero-order chi connectivity index (χ0) is 13.5. The van der Waals surface area contributed by atoms with E-state index in [1.54, 1.807) is 24.2 Å². The average molecular weight is 250 g/mol. The van der Waals surface area contributed by atoms with Crippen molar-refractivity contribution in [2.24, 2.45) is 0 Å². The molecule has 0 unspecified atom stereocenters. The number of carbonyl (C=O) groups excluding carboxylic acids is 2. The Kier molecular flexibility index (Phi) is 5.30. The fraction of sp³-hybridized carbons (Fsp3) is 0.462. The number of aryl methyl sites for hydroxylation is 1. The van der Waals surface area contributed by atoms with Crippen molar-refractivity contribution in [1.82, 2.24) is 9.88 Å². The first-order chi connectivity index (χ1) is 8.56. The predicted molar refractivity (Wildman–Crippen MR) is 67.2 cm³/mol. The second-order valence-corrected chi connectivity index (χ2v) is 4.08. The summed E-state index contributed by atoms with van der Waals surface area (Å²) in [6, 6.07) is 3.64. The molecule has 1 amide bonds. The van der Waals surface area contributed by atoms with Gasteiger partial charge in [0.05, 0.1) is 7.11 Å². The van der Waals surface area contributed by atoms with Gasteiger partial charge < -0.3 is 9.64 Å². The number of nitrogens with zero attached hydrogens (tertiary/aromatic N) is 2. The molecule has 0 atom stereocenters. The van der Waals surface area contributed by atoms with Crippen molar-refractivity contribution >= 4 is 11.9 Å². The van der Waals surface area contributed by atoms with Crippen LogP contribution < -0.4 is 0 Å². The van der Waals surface area contributed by atoms with Crippen LogP contribution in [0.5, 0.6) is 0 Å². The molecular formula is C13H18N2O3. The highest BCUT2D eigenvalue weighted by atomic mass is 16.5. The highest BCUT2D eigenvalue weighted by Crippen LogP contribution is 2.07. The van der Waals surface area contributed by atoms with E-state index in [9.17, 15) is 9.59 Å². The lowest BCUT2D eigenvalue weighted by Crippen LogP contribution is -2.29. The minimum Gasteiger partial charge on any atom is -0.469 e. The summed E-state index contributed by atoms with van der Waals surface area (Å²) in [5, 5.41) is 0. The van der Waals surface area contributed by atoms with Gasteiger partial charge >= 0.3 is 5.97 Å². The molecule has 0 saturated carbocycles. The van der Waals surface area contributed by atoms with E-state index in [4.69, 9.17) is 0 Å². The molecule has 0 spiro atoms. The molecule has 0 N–H and O–H groups in total. The van der Waals surface area contributed by atoms with Gasteiger partial charge in [-0.15, -0.1) is 0 Å². The van der Waals surface area contributed by atoms with Crippen molar-refractivity contribution in [3.05, 3.63) is 29.6 Å². The van der Waals surface area contributed by atoms with E-state index in [0.717, 1.165) is 5.56 Å². The van der Waals surface area contributed by atoms with Crippen molar-refractivity contribution in [3.63, 3.8) is 0 Å². The summed E-state index contributed by atoms with van der Waals surface area (Å²) in [6.45, 7) is 2.35. The normalized spacial score (nSPS) is 9.94. The molecule has 1 aromatic heterocycles. The maximum atomic E-state index is 12.1. The van der Waals surface area contributed by atoms with Crippen LogP contribution in [0.2, 0.25) is 0 Å². The first kappa shape index (κ1) is 14.2. The van der Waals surface area contributed by atoms with Crippen LogP contribution >= 0.6 is 0 Å². The molecular weight excluding hydrogens is 232 g/mol. The predicted octanol–water partition coefficient (Wildman–Crippen LogP) is 1.42. The van der Waals surface area contributed by atoms with Crippen LogP contribution in [0.4, 0.5) is 0 Å². The molecule has 5 heteroatoms. The summed E-state index contributed by atoms with van der Waals surface area (Å²) < 4.78 is 4.54. The topological polar surface area (TPSA) is 59.5 Å². The lowest BCUT2D eigenvalue weighted by Gasteiger charge is -2.17. The van der Waals surface area contributed by atoms with Gasteiger partial charge in [0.25, 0.3) is 5.91 Å². The van der Waals surface area contributed by atoms with Crippen LogP contribution in [0.25, 0.3) is 0 Å². The standard InChI is InChI=1S/C13H18N2O3/c1-10-6-4-8-14-12(10)13(17)15(2)9-5-7-11(16)18-3/h4,6,8H,5,7,9H2,1-3H3. The number of methoxy groups -OCH3 is 1. The third-order valence-electron chi connectivity index (χ3n) is 2.66. The number of amides is 1. The van der Waals surface area contributed by atoms with E-state index in [1.807, 2.05) is 13.0 Å². The van der Waals surface area contributed by atoms with Gasteiger partial charge in [0, 0.05) is 26.2 Å². The van der Waals surface area contributed by atoms with E-state index >= 15 is 0 Å². The molecule has 0 saturated heterocycles. The molecule has 0 radical (unpaired) electrons. The van der Waals surface area contributed by atoms with Gasteiger partial charge in [-0.3, -0.25) is 14.6 Å². The number of pyridine rings is 1. The van der Waals surface area contributed by atoms with Crippen molar-refractivity contribution in [2.45, 2.75) is 19.8 Å². The smallest absolute Gasteiger partial charge is 0.305 e. The third kappa shape index (κ3) is 3.84. The largest absolute Gasteiger partial charge is 0.469 e. The Bertz CT molecular complexity index is 432. The van der Waals surface area contributed by atoms with Crippen molar-refractivity contribution in [1.29, 1.82) is 0 Å². The number of hydrogen-bond donors (Lipinski definition) is 0. The SMILES string of the molecule is COC(=O)CCCN(C)C(=O)c1ncccc1C. The Morgan fingerprint density at radius 3 is 2.78 bits per heavy atom. The monoisotopic (exact) mass is 250 g/mol. The lowest BCUT2D eigenvalue weighted by molar-refractivity contribution is -0.140. The van der Waals surface area contributed by atoms with Crippen LogP contribution in [-0.4, -0.2) is 42.5 Å². The molecule has 1 rings (SSSR count). The van der Waals surface area contributed by atoms with Gasteiger partial charge in [0.15, 0.2) is 0 Å². The Morgan fingerprint density at radius 1 is 1.44 bits per heavy atom. The molecule has 0 aromatic carbocycles. The Labute approximate surface area is 107 Å². The molecule has 0 bridgehead atoms. The van der Waals surface area contributed by atoms with Crippen molar-refractivity contribution in [2.75, 3.05) is 20.7 Å². The summed E-state index contributed by atoms with van der Waals surface area (Å²) in [7, 11) is 3.06. The molecule has 0 aliphatic rings. The molecule has 18 heavy (non-hydrogen) atoms. The van der Waals surface area contributed by atoms with Gasteiger partial charge in [-0.2, -0.15) is 0 Å². The molecule has 5 nitrogen and oxygen atoms in total. The van der Waals surface area contributed by atoms with Crippen molar-refractivity contribution < 1.29 is 14.3 Å². The van der Waals surface area contributed by atoms with Crippen LogP contribution in [0, 0.1) is 6.92 Å². The van der Waals surface area contributed by atoms with Gasteiger partial charge in [-0.1, -0.05) is 6.07 Å². The van der Waals surface area contributed by atoms with E-state index < -0.39 is 0 Å². The average Bonchev–Trinajstić information content (AvgIpc) is 2.38. The second-order valence-electron chi connectivity index (χ2n) is 4.08. The molecule has 0 aliphatic carbocycles. The van der Waals surface area contributed by atoms with E-state index in [1.165, 1.54) is 7.11 Å². The molecule has 98 valence electrons. The number of hydrogen-bond acceptors (Lipinski definition) is 4. The fourth-order valence-corrected chi connectivity index (χ4v) is 1.55. The van der Waals surface area contributed by atoms with Crippen LogP contribution in [0.1, 0.15) is 28.9 Å². The van der Waals surface area contributed by atoms with Crippen molar-refractivity contribution in [3.8, 4) is 0 Å². The number of rotatable bonds is 5. The minimum atomic E-state index is -0.259. The molecule has 1 heterocycles. The van der Waals surface area contributed by atoms with Gasteiger partial charge in [0.2, 0.25) is 0 Å². The number of ether oxygens (including phenoxy) is 1. The minimum absolute atomic E-state index is 0.127. The highest BCUT2D eigenvalue weighted by molar-refractivity contribution is 5.93. The molecule has 1 aromatic rings. The Morgan fingerprint density at radius 2 is 2.17 bits per heavy atom. The number of aromatic nitrogens is 1. The number of carbonyl (C=O) groups is 2. The Hall–Kier alpha value is -1.91. The highest BCUT2D eigenvalue weighted by Gasteiger charge is 2.15. The second kappa shape index (κ2) is 6.74. The third-order valence-corrected chi connectivity index (χ3v) is 2.66. The quantitative estimate of drug-likeness (QED) is 0.741. The maximum Gasteiger partial charge on any atom is 0.305 e. The Balaban J connectivity index is 2.52. The maximum absolute atomic E-state index is 12.1. The molecule has 0 fully saturated rings. The van der Waals surface area contributed by atoms with Crippen LogP contribution in [-0.2, 0) is 9.53 Å². The van der Waals surface area contributed by atoms with E-state index in [2.05, 4.69) is 9.72 Å². The molecule has 0 aliphatic heterocycles. The number of esters is 1. The van der Waals surface area contributed by atoms with Gasteiger partial charge in [-0.05, 0) is 25.0 Å². The van der Waals surface area contributed by atoms with E-state index in [0.29, 0.717) is 25.1 Å². The summed E-state index contributed by atoms with van der Waals surface area (Å²) in [4.78, 5) is 28.7. The van der Waals surface area contributed by atoms with Crippen LogP contribution in [0.3, 0.4) is 0 Å².